The molecule has 1 amide bonds. The molecule has 6 aliphatic rings. The van der Waals surface area contributed by atoms with E-state index in [4.69, 9.17) is 18.9 Å². The van der Waals surface area contributed by atoms with Gasteiger partial charge in [-0.25, -0.2) is 4.79 Å². The van der Waals surface area contributed by atoms with E-state index in [9.17, 15) is 19.8 Å². The van der Waals surface area contributed by atoms with Crippen LogP contribution in [0.1, 0.15) is 56.3 Å². The Morgan fingerprint density at radius 2 is 1.83 bits per heavy atom. The van der Waals surface area contributed by atoms with E-state index in [1.54, 1.807) is 45.6 Å². The van der Waals surface area contributed by atoms with Crippen LogP contribution in [-0.4, -0.2) is 103 Å². The van der Waals surface area contributed by atoms with Crippen LogP contribution >= 0.6 is 0 Å². The number of hydrogen-bond acceptors (Lipinski definition) is 9. The van der Waals surface area contributed by atoms with E-state index in [0.717, 1.165) is 0 Å². The Balaban J connectivity index is 1.38. The predicted octanol–water partition coefficient (Wildman–Crippen LogP) is 2.22. The Morgan fingerprint density at radius 3 is 2.50 bits per heavy atom. The molecular formula is C32H44N2O8. The van der Waals surface area contributed by atoms with Gasteiger partial charge in [0.15, 0.2) is 0 Å². The number of anilines is 1. The van der Waals surface area contributed by atoms with Crippen molar-refractivity contribution in [1.29, 1.82) is 0 Å². The lowest BCUT2D eigenvalue weighted by Crippen LogP contribution is -2.83. The zero-order valence-electron chi connectivity index (χ0n) is 25.2. The molecule has 7 rings (SSSR count). The molecule has 0 aromatic heterocycles. The summed E-state index contributed by atoms with van der Waals surface area (Å²) in [5, 5.41) is 28.4. The first-order valence-corrected chi connectivity index (χ1v) is 15.4. The van der Waals surface area contributed by atoms with E-state index in [1.165, 1.54) is 6.92 Å². The number of likely N-dealkylation sites (N-methyl/N-ethyl adjacent to an activating group) is 1. The highest BCUT2D eigenvalue weighted by atomic mass is 16.6. The van der Waals surface area contributed by atoms with Gasteiger partial charge in [0.1, 0.15) is 16.8 Å². The van der Waals surface area contributed by atoms with Gasteiger partial charge in [0.25, 0.3) is 0 Å². The van der Waals surface area contributed by atoms with E-state index in [2.05, 4.69) is 17.1 Å². The topological polar surface area (TPSA) is 127 Å². The second-order valence-electron chi connectivity index (χ2n) is 13.7. The maximum Gasteiger partial charge on any atom is 0.340 e. The maximum atomic E-state index is 14.0. The van der Waals surface area contributed by atoms with Crippen LogP contribution < -0.4 is 5.32 Å². The van der Waals surface area contributed by atoms with Crippen molar-refractivity contribution in [2.75, 3.05) is 39.7 Å². The molecule has 5 saturated carbocycles. The van der Waals surface area contributed by atoms with Crippen molar-refractivity contribution < 1.29 is 38.7 Å². The van der Waals surface area contributed by atoms with Gasteiger partial charge in [0, 0.05) is 76.3 Å². The smallest absolute Gasteiger partial charge is 0.340 e. The van der Waals surface area contributed by atoms with E-state index in [0.29, 0.717) is 56.4 Å². The molecule has 230 valence electrons. The SMILES string of the molecule is CCN1C[C@@]2(OC(=O)c3ccccc3NC(C)=O)CC[C@H](OC)[C@@]34[C@@H]2C[C@@H]([C@@H]13)[C@@]1(O)C[C@H](OC)[C@@H]2C[C@@H]4[C@]1(O)[C@H]2OC. The lowest BCUT2D eigenvalue weighted by molar-refractivity contribution is -0.337. The quantitative estimate of drug-likeness (QED) is 0.414. The van der Waals surface area contributed by atoms with Gasteiger partial charge >= 0.3 is 5.97 Å². The highest BCUT2D eigenvalue weighted by Gasteiger charge is 2.89. The molecule has 5 aliphatic carbocycles. The van der Waals surface area contributed by atoms with Crippen molar-refractivity contribution in [3.63, 3.8) is 0 Å². The third-order valence-electron chi connectivity index (χ3n) is 12.6. The summed E-state index contributed by atoms with van der Waals surface area (Å²) in [6.45, 7) is 4.79. The molecule has 10 heteroatoms. The lowest BCUT2D eigenvalue weighted by atomic mass is 9.44. The normalized spacial score (nSPS) is 48.2. The van der Waals surface area contributed by atoms with Crippen LogP contribution in [0, 0.1) is 29.1 Å². The van der Waals surface area contributed by atoms with Crippen molar-refractivity contribution >= 4 is 17.6 Å². The molecule has 0 unspecified atom stereocenters. The molecule has 42 heavy (non-hydrogen) atoms. The number of nitrogens with one attached hydrogen (secondary N) is 1. The minimum absolute atomic E-state index is 0.0432. The number of benzene rings is 1. The summed E-state index contributed by atoms with van der Waals surface area (Å²) in [5.41, 5.74) is -3.57. The Labute approximate surface area is 247 Å². The number of methoxy groups -OCH3 is 3. The second-order valence-corrected chi connectivity index (χ2v) is 13.7. The third-order valence-corrected chi connectivity index (χ3v) is 12.6. The molecular weight excluding hydrogens is 540 g/mol. The number of likely N-dealkylation sites (tertiary alicyclic amines) is 1. The summed E-state index contributed by atoms with van der Waals surface area (Å²) >= 11 is 0. The van der Waals surface area contributed by atoms with Gasteiger partial charge in [-0.2, -0.15) is 0 Å². The summed E-state index contributed by atoms with van der Waals surface area (Å²) in [7, 11) is 5.05. The zero-order valence-corrected chi connectivity index (χ0v) is 25.2. The first kappa shape index (κ1) is 28.7. The summed E-state index contributed by atoms with van der Waals surface area (Å²) in [4.78, 5) is 28.3. The Kier molecular flexibility index (Phi) is 6.46. The Hall–Kier alpha value is -2.08. The van der Waals surface area contributed by atoms with Gasteiger partial charge in [-0.1, -0.05) is 19.1 Å². The van der Waals surface area contributed by atoms with Gasteiger partial charge in [-0.3, -0.25) is 9.69 Å². The number of nitrogens with zero attached hydrogens (tertiary/aromatic N) is 1. The maximum absolute atomic E-state index is 14.0. The average Bonchev–Trinajstić information content (AvgIpc) is 3.39. The number of carbonyl (C=O) groups is 2. The van der Waals surface area contributed by atoms with Crippen molar-refractivity contribution in [2.24, 2.45) is 29.1 Å². The molecule has 12 atom stereocenters. The number of carbonyl (C=O) groups excluding carboxylic acids is 2. The van der Waals surface area contributed by atoms with Crippen molar-refractivity contribution in [1.82, 2.24) is 4.90 Å². The average molecular weight is 585 g/mol. The molecule has 7 bridgehead atoms. The fourth-order valence-corrected chi connectivity index (χ4v) is 11.6. The fourth-order valence-electron chi connectivity index (χ4n) is 11.6. The summed E-state index contributed by atoms with van der Waals surface area (Å²) < 4.78 is 25.1. The molecule has 6 fully saturated rings. The predicted molar refractivity (Wildman–Crippen MR) is 152 cm³/mol. The van der Waals surface area contributed by atoms with Gasteiger partial charge < -0.3 is 34.5 Å². The molecule has 1 aliphatic heterocycles. The minimum Gasteiger partial charge on any atom is -0.454 e. The Morgan fingerprint density at radius 1 is 1.07 bits per heavy atom. The molecule has 1 saturated heterocycles. The van der Waals surface area contributed by atoms with Crippen molar-refractivity contribution in [2.45, 2.75) is 87.1 Å². The fraction of sp³-hybridized carbons (Fsp3) is 0.750. The number of fused-ring (bicyclic) bond motifs is 2. The standard InChI is InChI=1S/C32H44N2O8/c1-6-34-16-29(42-28(36)18-9-7-8-10-21(18)33-17(2)35)12-11-25(40-4)31-23(29)14-20(26(31)34)30(37)15-22(39-3)19-13-24(31)32(30,38)27(19)41-5/h7-10,19-20,22-27,37-38H,6,11-16H2,1-5H3,(H,33,35)/t19-,20-,22-,23+,24-,25-,26+,27-,29-,30-,31-,32-/m0/s1. The van der Waals surface area contributed by atoms with E-state index < -0.39 is 34.3 Å². The first-order valence-electron chi connectivity index (χ1n) is 15.4. The number of aliphatic hydroxyl groups is 2. The van der Waals surface area contributed by atoms with Crippen molar-refractivity contribution in [3.8, 4) is 0 Å². The highest BCUT2D eigenvalue weighted by molar-refractivity contribution is 6.00. The van der Waals surface area contributed by atoms with Crippen LogP contribution in [0.25, 0.3) is 0 Å². The summed E-state index contributed by atoms with van der Waals surface area (Å²) in [5.74, 6) is -1.54. The number of rotatable bonds is 7. The largest absolute Gasteiger partial charge is 0.454 e. The van der Waals surface area contributed by atoms with Crippen LogP contribution in [0.15, 0.2) is 24.3 Å². The van der Waals surface area contributed by atoms with Crippen LogP contribution in [0.4, 0.5) is 5.69 Å². The number of ether oxygens (including phenoxy) is 4. The summed E-state index contributed by atoms with van der Waals surface area (Å²) in [6, 6.07) is 6.89. The Bertz CT molecular complexity index is 1290. The van der Waals surface area contributed by atoms with Gasteiger partial charge in [-0.05, 0) is 44.4 Å². The van der Waals surface area contributed by atoms with E-state index in [1.807, 2.05) is 0 Å². The van der Waals surface area contributed by atoms with Crippen LogP contribution in [0.5, 0.6) is 0 Å². The number of hydrogen-bond donors (Lipinski definition) is 3. The minimum atomic E-state index is -1.48. The van der Waals surface area contributed by atoms with Crippen LogP contribution in [0.3, 0.4) is 0 Å². The number of esters is 1. The molecule has 0 radical (unpaired) electrons. The first-order chi connectivity index (χ1) is 20.1. The molecule has 10 nitrogen and oxygen atoms in total. The molecule has 1 aromatic rings. The third kappa shape index (κ3) is 3.21. The highest BCUT2D eigenvalue weighted by Crippen LogP contribution is 2.79. The van der Waals surface area contributed by atoms with Gasteiger partial charge in [0.05, 0.1) is 29.6 Å². The number of amides is 1. The molecule has 1 aromatic carbocycles. The number of piperidine rings is 1. The summed E-state index contributed by atoms with van der Waals surface area (Å²) in [6.07, 6.45) is 1.91. The molecule has 3 N–H and O–H groups in total. The monoisotopic (exact) mass is 584 g/mol. The lowest BCUT2D eigenvalue weighted by Gasteiger charge is -2.70. The van der Waals surface area contributed by atoms with Gasteiger partial charge in [-0.15, -0.1) is 0 Å². The van der Waals surface area contributed by atoms with Gasteiger partial charge in [0.2, 0.25) is 5.91 Å². The van der Waals surface area contributed by atoms with Crippen molar-refractivity contribution in [3.05, 3.63) is 29.8 Å². The number of para-hydroxylation sites is 1. The molecule has 1 spiro atoms. The van der Waals surface area contributed by atoms with E-state index >= 15 is 0 Å². The zero-order chi connectivity index (χ0) is 29.8. The van der Waals surface area contributed by atoms with Crippen LogP contribution in [-0.2, 0) is 23.7 Å². The molecule has 1 heterocycles. The second kappa shape index (κ2) is 9.46. The van der Waals surface area contributed by atoms with Crippen LogP contribution in [0.2, 0.25) is 0 Å². The van der Waals surface area contributed by atoms with E-state index in [-0.39, 0.29) is 47.8 Å².